The van der Waals surface area contributed by atoms with Crippen LogP contribution in [-0.2, 0) is 0 Å². The molecule has 5 rings (SSSR count). The second-order valence-corrected chi connectivity index (χ2v) is 10.3. The number of aromatic nitrogens is 1. The largest absolute Gasteiger partial charge is 0.424 e. The van der Waals surface area contributed by atoms with Crippen LogP contribution in [0, 0.1) is 5.92 Å². The molecule has 1 aliphatic heterocycles. The molecule has 2 bridgehead atoms. The van der Waals surface area contributed by atoms with Crippen molar-refractivity contribution >= 4 is 18.3 Å². The molecule has 1 aromatic heterocycles. The maximum Gasteiger partial charge on any atom is 0.295 e. The third-order valence-electron chi connectivity index (χ3n) is 7.74. The molecule has 5 atom stereocenters. The van der Waals surface area contributed by atoms with E-state index in [1.54, 1.807) is 30.5 Å². The summed E-state index contributed by atoms with van der Waals surface area (Å²) in [6.45, 7) is 4.77. The van der Waals surface area contributed by atoms with Crippen LogP contribution >= 0.6 is 0 Å². The molecule has 2 saturated carbocycles. The Morgan fingerprint density at radius 3 is 2.73 bits per heavy atom. The normalized spacial score (nSPS) is 27.6. The zero-order valence-electron chi connectivity index (χ0n) is 21.0. The van der Waals surface area contributed by atoms with E-state index in [1.165, 1.54) is 12.8 Å². The van der Waals surface area contributed by atoms with Gasteiger partial charge in [-0.25, -0.2) is 9.98 Å². The van der Waals surface area contributed by atoms with E-state index in [1.807, 2.05) is 6.07 Å². The quantitative estimate of drug-likeness (QED) is 0.198. The summed E-state index contributed by atoms with van der Waals surface area (Å²) in [6, 6.07) is 8.73. The Morgan fingerprint density at radius 1 is 1.19 bits per heavy atom. The number of piperidine rings is 1. The fourth-order valence-electron chi connectivity index (χ4n) is 6.14. The molecule has 3 aliphatic rings. The number of allylic oxidation sites excluding steroid dienone is 1. The highest BCUT2D eigenvalue weighted by atomic mass is 16.4. The lowest BCUT2D eigenvalue weighted by Crippen LogP contribution is -2.55. The molecular weight excluding hydrogens is 468 g/mol. The van der Waals surface area contributed by atoms with Crippen LogP contribution in [0.2, 0.25) is 0 Å². The molecule has 0 radical (unpaired) electrons. The van der Waals surface area contributed by atoms with Crippen LogP contribution in [0.4, 0.5) is 6.01 Å². The Labute approximate surface area is 217 Å². The molecule has 10 nitrogen and oxygen atoms in total. The summed E-state index contributed by atoms with van der Waals surface area (Å²) in [5.74, 6) is 1.52. The van der Waals surface area contributed by atoms with Crippen LogP contribution in [0.25, 0.3) is 11.3 Å². The number of aliphatic imine (C=N–C) groups is 1. The minimum atomic E-state index is -0.472. The van der Waals surface area contributed by atoms with Crippen LogP contribution in [0.1, 0.15) is 48.9 Å². The number of hydrogen-bond acceptors (Lipinski definition) is 8. The Morgan fingerprint density at radius 2 is 2.00 bits per heavy atom. The highest BCUT2D eigenvalue weighted by Gasteiger charge is 2.46. The van der Waals surface area contributed by atoms with E-state index in [0.29, 0.717) is 47.1 Å². The summed E-state index contributed by atoms with van der Waals surface area (Å²) in [5, 5.41) is 7.50. The number of carbonyl (C=O) groups excluding carboxylic acids is 1. The summed E-state index contributed by atoms with van der Waals surface area (Å²) in [6.07, 6.45) is 11.5. The molecule has 37 heavy (non-hydrogen) atoms. The van der Waals surface area contributed by atoms with Crippen molar-refractivity contribution in [1.29, 1.82) is 0 Å². The van der Waals surface area contributed by atoms with Gasteiger partial charge in [0, 0.05) is 53.6 Å². The van der Waals surface area contributed by atoms with Crippen LogP contribution in [0.3, 0.4) is 0 Å². The van der Waals surface area contributed by atoms with E-state index in [2.05, 4.69) is 32.1 Å². The second-order valence-electron chi connectivity index (χ2n) is 10.3. The van der Waals surface area contributed by atoms with Gasteiger partial charge in [-0.15, -0.1) is 0 Å². The maximum absolute atomic E-state index is 11.5. The highest BCUT2D eigenvalue weighted by Crippen LogP contribution is 2.41. The zero-order valence-corrected chi connectivity index (χ0v) is 21.0. The summed E-state index contributed by atoms with van der Waals surface area (Å²) in [5.41, 5.74) is 18.6. The number of nitrogens with one attached hydrogen (secondary N) is 2. The summed E-state index contributed by atoms with van der Waals surface area (Å²) in [7, 11) is 0. The topological polar surface area (TPSA) is 161 Å². The van der Waals surface area contributed by atoms with Gasteiger partial charge < -0.3 is 37.2 Å². The third kappa shape index (κ3) is 5.48. The minimum Gasteiger partial charge on any atom is -0.424 e. The summed E-state index contributed by atoms with van der Waals surface area (Å²) >= 11 is 0. The Bertz CT molecular complexity index is 1200. The van der Waals surface area contributed by atoms with E-state index in [4.69, 9.17) is 21.6 Å². The van der Waals surface area contributed by atoms with Gasteiger partial charge in [0.2, 0.25) is 5.91 Å². The number of primary amides is 1. The smallest absolute Gasteiger partial charge is 0.295 e. The number of anilines is 1. The van der Waals surface area contributed by atoms with Crippen LogP contribution in [0.5, 0.6) is 0 Å². The van der Waals surface area contributed by atoms with Crippen molar-refractivity contribution in [3.63, 3.8) is 0 Å². The summed E-state index contributed by atoms with van der Waals surface area (Å²) < 4.78 is 6.02. The molecule has 1 saturated heterocycles. The second kappa shape index (κ2) is 10.7. The lowest BCUT2D eigenvalue weighted by atomic mass is 9.89. The van der Waals surface area contributed by atoms with Gasteiger partial charge in [0.05, 0.1) is 12.5 Å². The van der Waals surface area contributed by atoms with Gasteiger partial charge in [-0.2, -0.15) is 0 Å². The first kappa shape index (κ1) is 24.9. The molecule has 3 fully saturated rings. The van der Waals surface area contributed by atoms with Gasteiger partial charge in [-0.05, 0) is 43.7 Å². The monoisotopic (exact) mass is 504 g/mol. The fraction of sp³-hybridized carbons (Fsp3) is 0.444. The number of hydrogen-bond donors (Lipinski definition) is 5. The van der Waals surface area contributed by atoms with Crippen LogP contribution in [-0.4, -0.2) is 52.8 Å². The number of fused-ring (bicyclic) bond motifs is 2. The minimum absolute atomic E-state index is 0.200. The number of oxazole rings is 1. The van der Waals surface area contributed by atoms with Gasteiger partial charge in [-0.3, -0.25) is 4.79 Å². The van der Waals surface area contributed by atoms with E-state index in [-0.39, 0.29) is 6.04 Å². The van der Waals surface area contributed by atoms with E-state index < -0.39 is 5.91 Å². The molecule has 1 aromatic carbocycles. The number of carbonyl (C=O) groups is 1. The van der Waals surface area contributed by atoms with Crippen molar-refractivity contribution in [1.82, 2.24) is 15.2 Å². The highest BCUT2D eigenvalue weighted by molar-refractivity contribution is 5.93. The molecule has 2 aliphatic carbocycles. The molecule has 196 valence electrons. The lowest BCUT2D eigenvalue weighted by molar-refractivity contribution is 0.100. The number of likely N-dealkylation sites (tertiary alicyclic amines) is 1. The first-order valence-corrected chi connectivity index (χ1v) is 13.0. The lowest BCUT2D eigenvalue weighted by Gasteiger charge is -2.40. The average Bonchev–Trinajstić information content (AvgIpc) is 3.61. The van der Waals surface area contributed by atoms with Crippen molar-refractivity contribution in [2.24, 2.45) is 28.1 Å². The standard InChI is InChI=1S/C27H36N8O2/c1-16(29)9-25(32-15-28)35-14-17-10-22(23(35)11-17)33-20-7-2-3-8-21(20)34-27-31-13-24(37-27)18-5-4-6-19(12-18)26(30)36/h4-6,9,12-13,15,17,20-23,33H,1-3,7-8,10-11,14,29H2,(H2,28,32)(H2,30,36)(H,31,34)/b25-9+/t17-,20-,21-,22+,23-/m1/s1. The molecule has 1 amide bonds. The molecule has 10 heteroatoms. The molecule has 0 spiro atoms. The SMILES string of the molecule is C=C(N)/C=C(\N=CN)N1C[C@@H]2C[C@H](N[C@@H]3CCCC[C@H]3Nc3ncc(-c4cccc(C(N)=O)c4)o3)[C@H]1C2. The Balaban J connectivity index is 1.27. The van der Waals surface area contributed by atoms with E-state index in [9.17, 15) is 4.79 Å². The first-order chi connectivity index (χ1) is 17.9. The molecule has 2 aromatic rings. The van der Waals surface area contributed by atoms with Crippen LogP contribution in [0.15, 0.2) is 64.0 Å². The fourth-order valence-corrected chi connectivity index (χ4v) is 6.14. The molecule has 2 heterocycles. The molecule has 8 N–H and O–H groups in total. The van der Waals surface area contributed by atoms with Crippen LogP contribution < -0.4 is 27.8 Å². The predicted molar refractivity (Wildman–Crippen MR) is 144 cm³/mol. The Hall–Kier alpha value is -3.79. The maximum atomic E-state index is 11.5. The Kier molecular flexibility index (Phi) is 7.18. The van der Waals surface area contributed by atoms with E-state index in [0.717, 1.165) is 50.0 Å². The average molecular weight is 505 g/mol. The van der Waals surface area contributed by atoms with Crippen molar-refractivity contribution in [2.45, 2.75) is 62.7 Å². The van der Waals surface area contributed by atoms with Gasteiger partial charge in [0.1, 0.15) is 5.82 Å². The zero-order chi connectivity index (χ0) is 25.9. The van der Waals surface area contributed by atoms with Gasteiger partial charge in [0.25, 0.3) is 6.01 Å². The molecular formula is C27H36N8O2. The van der Waals surface area contributed by atoms with Gasteiger partial charge in [-0.1, -0.05) is 31.6 Å². The number of rotatable bonds is 9. The van der Waals surface area contributed by atoms with E-state index >= 15 is 0 Å². The molecule has 0 unspecified atom stereocenters. The van der Waals surface area contributed by atoms with Crippen molar-refractivity contribution in [3.8, 4) is 11.3 Å². The van der Waals surface area contributed by atoms with Crippen molar-refractivity contribution in [2.75, 3.05) is 11.9 Å². The predicted octanol–water partition coefficient (Wildman–Crippen LogP) is 2.52. The first-order valence-electron chi connectivity index (χ1n) is 13.0. The number of amides is 1. The number of benzene rings is 1. The van der Waals surface area contributed by atoms with Gasteiger partial charge in [0.15, 0.2) is 5.76 Å². The number of nitrogens with two attached hydrogens (primary N) is 3. The number of nitrogens with zero attached hydrogens (tertiary/aromatic N) is 3. The van der Waals surface area contributed by atoms with Crippen molar-refractivity contribution < 1.29 is 9.21 Å². The third-order valence-corrected chi connectivity index (χ3v) is 7.74. The van der Waals surface area contributed by atoms with Crippen molar-refractivity contribution in [3.05, 3.63) is 60.2 Å². The summed E-state index contributed by atoms with van der Waals surface area (Å²) in [4.78, 5) is 22.7. The van der Waals surface area contributed by atoms with Gasteiger partial charge >= 0.3 is 0 Å².